The molecule has 0 N–H and O–H groups in total. The largest absolute Gasteiger partial charge is 0.378 e. The molecule has 2 fully saturated rings. The minimum absolute atomic E-state index is 0.397. The van der Waals surface area contributed by atoms with Crippen molar-refractivity contribution in [3.05, 3.63) is 54.1 Å². The van der Waals surface area contributed by atoms with Crippen molar-refractivity contribution in [3.8, 4) is 0 Å². The quantitative estimate of drug-likeness (QED) is 0.863. The van der Waals surface area contributed by atoms with E-state index in [2.05, 4.69) is 56.7 Å². The summed E-state index contributed by atoms with van der Waals surface area (Å²) < 4.78 is 8.04. The number of imidazole rings is 1. The van der Waals surface area contributed by atoms with Crippen molar-refractivity contribution < 1.29 is 4.74 Å². The number of ether oxygens (including phenoxy) is 1. The van der Waals surface area contributed by atoms with E-state index in [0.29, 0.717) is 12.1 Å². The summed E-state index contributed by atoms with van der Waals surface area (Å²) in [6, 6.07) is 11.6. The number of nitrogens with zero attached hydrogens (tertiary/aromatic N) is 4. The summed E-state index contributed by atoms with van der Waals surface area (Å²) in [5.41, 5.74) is 2.65. The molecule has 4 rings (SSSR count). The third-order valence-electron chi connectivity index (χ3n) is 5.09. The molecule has 2 aromatic rings. The molecule has 122 valence electrons. The SMILES string of the molecule is Cn1cncc1CN1CCN2[C@@H](COC[C@@H]2c2ccccc2)C1. The molecular formula is C18H24N4O. The molecule has 2 saturated heterocycles. The number of fused-ring (bicyclic) bond motifs is 1. The van der Waals surface area contributed by atoms with Crippen molar-refractivity contribution in [2.75, 3.05) is 32.8 Å². The van der Waals surface area contributed by atoms with E-state index in [4.69, 9.17) is 4.74 Å². The lowest BCUT2D eigenvalue weighted by molar-refractivity contribution is -0.0838. The zero-order valence-electron chi connectivity index (χ0n) is 13.6. The summed E-state index contributed by atoms with van der Waals surface area (Å²) in [6.45, 7) is 5.88. The molecule has 2 aliphatic heterocycles. The highest BCUT2D eigenvalue weighted by Gasteiger charge is 2.36. The molecule has 0 amide bonds. The molecule has 5 nitrogen and oxygen atoms in total. The van der Waals surface area contributed by atoms with Crippen LogP contribution in [0.15, 0.2) is 42.9 Å². The van der Waals surface area contributed by atoms with Gasteiger partial charge in [0.15, 0.2) is 0 Å². The lowest BCUT2D eigenvalue weighted by Gasteiger charge is -2.48. The first-order valence-corrected chi connectivity index (χ1v) is 8.37. The molecule has 5 heteroatoms. The first-order valence-electron chi connectivity index (χ1n) is 8.37. The number of rotatable bonds is 3. The Kier molecular flexibility index (Phi) is 4.16. The number of hydrogen-bond acceptors (Lipinski definition) is 4. The number of piperazine rings is 1. The standard InChI is InChI=1S/C18H24N4O/c1-20-14-19-9-16(20)10-21-7-8-22-17(11-21)12-23-13-18(22)15-5-3-2-4-6-15/h2-6,9,14,17-18H,7-8,10-13H2,1H3/t17-,18-/m1/s1. The Balaban J connectivity index is 1.45. The number of hydrogen-bond donors (Lipinski definition) is 0. The summed E-state index contributed by atoms with van der Waals surface area (Å²) in [4.78, 5) is 9.38. The molecule has 1 aromatic heterocycles. The van der Waals surface area contributed by atoms with Gasteiger partial charge in [-0.2, -0.15) is 0 Å². The van der Waals surface area contributed by atoms with Gasteiger partial charge in [0.05, 0.1) is 31.3 Å². The summed E-state index contributed by atoms with van der Waals surface area (Å²) in [5, 5.41) is 0. The molecule has 2 aliphatic rings. The Labute approximate surface area is 137 Å². The summed E-state index contributed by atoms with van der Waals surface area (Å²) in [5.74, 6) is 0. The second kappa shape index (κ2) is 6.43. The molecule has 0 bridgehead atoms. The van der Waals surface area contributed by atoms with Crippen LogP contribution in [0.1, 0.15) is 17.3 Å². The molecule has 3 heterocycles. The van der Waals surface area contributed by atoms with E-state index < -0.39 is 0 Å². The summed E-state index contributed by atoms with van der Waals surface area (Å²) >= 11 is 0. The number of morpholine rings is 1. The molecule has 0 saturated carbocycles. The normalized spacial score (nSPS) is 26.1. The van der Waals surface area contributed by atoms with Gasteiger partial charge in [-0.25, -0.2) is 4.98 Å². The predicted molar refractivity (Wildman–Crippen MR) is 89.0 cm³/mol. The van der Waals surface area contributed by atoms with Gasteiger partial charge in [-0.15, -0.1) is 0 Å². The smallest absolute Gasteiger partial charge is 0.0945 e. The maximum atomic E-state index is 5.93. The molecule has 0 aliphatic carbocycles. The van der Waals surface area contributed by atoms with Crippen molar-refractivity contribution in [2.45, 2.75) is 18.6 Å². The number of benzene rings is 1. The van der Waals surface area contributed by atoms with Crippen LogP contribution in [0.25, 0.3) is 0 Å². The van der Waals surface area contributed by atoms with Crippen LogP contribution in [0.4, 0.5) is 0 Å². The maximum Gasteiger partial charge on any atom is 0.0945 e. The average Bonchev–Trinajstić information content (AvgIpc) is 3.00. The first-order chi connectivity index (χ1) is 11.3. The van der Waals surface area contributed by atoms with Crippen LogP contribution in [-0.4, -0.2) is 58.2 Å². The van der Waals surface area contributed by atoms with Gasteiger partial charge < -0.3 is 9.30 Å². The van der Waals surface area contributed by atoms with Crippen LogP contribution in [0.3, 0.4) is 0 Å². The zero-order chi connectivity index (χ0) is 15.6. The Hall–Kier alpha value is -1.69. The Bertz CT molecular complexity index is 641. The second-order valence-electron chi connectivity index (χ2n) is 6.59. The van der Waals surface area contributed by atoms with Gasteiger partial charge in [0.25, 0.3) is 0 Å². The van der Waals surface area contributed by atoms with Gasteiger partial charge in [-0.05, 0) is 5.56 Å². The topological polar surface area (TPSA) is 33.5 Å². The van der Waals surface area contributed by atoms with Crippen LogP contribution in [0, 0.1) is 0 Å². The van der Waals surface area contributed by atoms with Crippen molar-refractivity contribution >= 4 is 0 Å². The Morgan fingerprint density at radius 2 is 2.04 bits per heavy atom. The van der Waals surface area contributed by atoms with Crippen LogP contribution in [0.5, 0.6) is 0 Å². The monoisotopic (exact) mass is 312 g/mol. The van der Waals surface area contributed by atoms with Crippen LogP contribution < -0.4 is 0 Å². The van der Waals surface area contributed by atoms with Crippen molar-refractivity contribution in [2.24, 2.45) is 7.05 Å². The summed E-state index contributed by atoms with van der Waals surface area (Å²) in [7, 11) is 2.06. The van der Waals surface area contributed by atoms with Crippen LogP contribution in [0.2, 0.25) is 0 Å². The Morgan fingerprint density at radius 3 is 2.83 bits per heavy atom. The highest BCUT2D eigenvalue weighted by Crippen LogP contribution is 2.29. The molecule has 0 spiro atoms. The third-order valence-corrected chi connectivity index (χ3v) is 5.09. The van der Waals surface area contributed by atoms with E-state index in [1.807, 2.05) is 12.5 Å². The van der Waals surface area contributed by atoms with Gasteiger partial charge in [0.1, 0.15) is 0 Å². The lowest BCUT2D eigenvalue weighted by Crippen LogP contribution is -2.58. The summed E-state index contributed by atoms with van der Waals surface area (Å²) in [6.07, 6.45) is 3.84. The predicted octanol–water partition coefficient (Wildman–Crippen LogP) is 1.68. The molecule has 1 aromatic carbocycles. The molecule has 0 unspecified atom stereocenters. The third kappa shape index (κ3) is 3.04. The maximum absolute atomic E-state index is 5.93. The highest BCUT2D eigenvalue weighted by atomic mass is 16.5. The average molecular weight is 312 g/mol. The fourth-order valence-electron chi connectivity index (χ4n) is 3.78. The molecule has 23 heavy (non-hydrogen) atoms. The van der Waals surface area contributed by atoms with Gasteiger partial charge in [-0.3, -0.25) is 9.80 Å². The Morgan fingerprint density at radius 1 is 1.17 bits per heavy atom. The minimum atomic E-state index is 0.397. The van der Waals surface area contributed by atoms with Gasteiger partial charge >= 0.3 is 0 Å². The zero-order valence-corrected chi connectivity index (χ0v) is 13.6. The first kappa shape index (κ1) is 14.9. The number of aryl methyl sites for hydroxylation is 1. The van der Waals surface area contributed by atoms with Gasteiger partial charge in [0, 0.05) is 45.5 Å². The van der Waals surface area contributed by atoms with Crippen LogP contribution >= 0.6 is 0 Å². The lowest BCUT2D eigenvalue weighted by atomic mass is 10.00. The molecule has 0 radical (unpaired) electrons. The van der Waals surface area contributed by atoms with Gasteiger partial charge in [0.2, 0.25) is 0 Å². The van der Waals surface area contributed by atoms with E-state index >= 15 is 0 Å². The fourth-order valence-corrected chi connectivity index (χ4v) is 3.78. The van der Waals surface area contributed by atoms with Crippen molar-refractivity contribution in [1.29, 1.82) is 0 Å². The highest BCUT2D eigenvalue weighted by molar-refractivity contribution is 5.20. The van der Waals surface area contributed by atoms with Gasteiger partial charge in [-0.1, -0.05) is 30.3 Å². The van der Waals surface area contributed by atoms with Crippen molar-refractivity contribution in [1.82, 2.24) is 19.4 Å². The van der Waals surface area contributed by atoms with E-state index in [0.717, 1.165) is 39.4 Å². The molecule has 2 atom stereocenters. The van der Waals surface area contributed by atoms with E-state index in [1.165, 1.54) is 11.3 Å². The minimum Gasteiger partial charge on any atom is -0.378 e. The van der Waals surface area contributed by atoms with Crippen molar-refractivity contribution in [3.63, 3.8) is 0 Å². The molecular weight excluding hydrogens is 288 g/mol. The van der Waals surface area contributed by atoms with E-state index in [-0.39, 0.29) is 0 Å². The van der Waals surface area contributed by atoms with Crippen LogP contribution in [-0.2, 0) is 18.3 Å². The second-order valence-corrected chi connectivity index (χ2v) is 6.59. The number of aromatic nitrogens is 2. The fraction of sp³-hybridized carbons (Fsp3) is 0.500. The van der Waals surface area contributed by atoms with E-state index in [9.17, 15) is 0 Å². The van der Waals surface area contributed by atoms with E-state index in [1.54, 1.807) is 0 Å².